The summed E-state index contributed by atoms with van der Waals surface area (Å²) in [5.41, 5.74) is 4.06. The lowest BCUT2D eigenvalue weighted by molar-refractivity contribution is 0.0816. The van der Waals surface area contributed by atoms with Crippen LogP contribution >= 0.6 is 0 Å². The summed E-state index contributed by atoms with van der Waals surface area (Å²) in [5.74, 6) is 0.514. The minimum absolute atomic E-state index is 0.186. The molecule has 3 aromatic heterocycles. The maximum absolute atomic E-state index is 12.8. The molecular weight excluding hydrogens is 388 g/mol. The molecule has 4 bridgehead atoms. The number of rotatable bonds is 1. The number of carbonyl (C=O) groups is 1. The van der Waals surface area contributed by atoms with Crippen LogP contribution in [0.5, 0.6) is 5.88 Å². The number of imidazole rings is 1. The van der Waals surface area contributed by atoms with E-state index in [1.165, 1.54) is 13.3 Å². The summed E-state index contributed by atoms with van der Waals surface area (Å²) in [6.07, 6.45) is 3.21. The van der Waals surface area contributed by atoms with Gasteiger partial charge in [-0.15, -0.1) is 5.10 Å². The maximum atomic E-state index is 12.8. The smallest absolute Gasteiger partial charge is 0.270 e. The minimum Gasteiger partial charge on any atom is -0.478 e. The van der Waals surface area contributed by atoms with E-state index in [-0.39, 0.29) is 11.9 Å². The number of nitrogens with one attached hydrogen (secondary N) is 2. The molecule has 0 fully saturated rings. The monoisotopic (exact) mass is 408 g/mol. The van der Waals surface area contributed by atoms with Gasteiger partial charge in [-0.2, -0.15) is 4.98 Å². The van der Waals surface area contributed by atoms with E-state index < -0.39 is 0 Å². The predicted molar refractivity (Wildman–Crippen MR) is 108 cm³/mol. The molecule has 1 atom stereocenters. The normalized spacial score (nSPS) is 17.0. The molecular formula is C19H20N8O3. The highest BCUT2D eigenvalue weighted by Crippen LogP contribution is 2.28. The van der Waals surface area contributed by atoms with Crippen LogP contribution in [0, 0.1) is 0 Å². The van der Waals surface area contributed by atoms with Crippen molar-refractivity contribution >= 4 is 34.1 Å². The molecule has 30 heavy (non-hydrogen) atoms. The highest BCUT2D eigenvalue weighted by atomic mass is 16.5. The van der Waals surface area contributed by atoms with Crippen molar-refractivity contribution in [2.24, 2.45) is 7.05 Å². The summed E-state index contributed by atoms with van der Waals surface area (Å²) in [6.45, 7) is 2.63. The quantitative estimate of drug-likeness (QED) is 0.485. The molecule has 4 aromatic rings. The summed E-state index contributed by atoms with van der Waals surface area (Å²) < 4.78 is 14.6. The number of anilines is 2. The number of hydrogen-bond donors (Lipinski definition) is 2. The van der Waals surface area contributed by atoms with Crippen LogP contribution in [0.2, 0.25) is 0 Å². The van der Waals surface area contributed by atoms with E-state index in [9.17, 15) is 4.79 Å². The lowest BCUT2D eigenvalue weighted by Gasteiger charge is -2.16. The van der Waals surface area contributed by atoms with Gasteiger partial charge >= 0.3 is 0 Å². The van der Waals surface area contributed by atoms with Crippen molar-refractivity contribution in [1.82, 2.24) is 34.7 Å². The van der Waals surface area contributed by atoms with Crippen molar-refractivity contribution in [3.63, 3.8) is 0 Å². The highest BCUT2D eigenvalue weighted by Gasteiger charge is 2.20. The Kier molecular flexibility index (Phi) is 4.24. The molecule has 5 rings (SSSR count). The second kappa shape index (κ2) is 6.95. The molecule has 1 aliphatic rings. The van der Waals surface area contributed by atoms with Gasteiger partial charge < -0.3 is 20.1 Å². The van der Waals surface area contributed by atoms with Crippen LogP contribution in [0.25, 0.3) is 16.7 Å². The van der Waals surface area contributed by atoms with Crippen molar-refractivity contribution in [2.45, 2.75) is 19.6 Å². The molecule has 0 saturated carbocycles. The first kappa shape index (κ1) is 18.3. The molecule has 0 saturated heterocycles. The van der Waals surface area contributed by atoms with E-state index in [0.717, 1.165) is 16.8 Å². The number of aromatic nitrogens is 6. The minimum atomic E-state index is -0.260. The first-order valence-corrected chi connectivity index (χ1v) is 9.43. The van der Waals surface area contributed by atoms with E-state index in [1.807, 2.05) is 26.1 Å². The molecule has 2 N–H and O–H groups in total. The third-order valence-corrected chi connectivity index (χ3v) is 4.94. The standard InChI is InChI=1S/C19H20N8O3/c1-10-8-30-9-11-4-12(16-13(5-11)26(2)25-24-16)22-15-7-27-14(18(28)21-10)6-20-17(27)19(23-15)29-3/h4-7,10,22H,8-9H2,1-3H3,(H,21,28)/t10-/m1/s1. The number of ether oxygens (including phenoxy) is 2. The summed E-state index contributed by atoms with van der Waals surface area (Å²) >= 11 is 0. The number of amides is 1. The number of aryl methyl sites for hydroxylation is 1. The van der Waals surface area contributed by atoms with Crippen LogP contribution in [0.1, 0.15) is 23.0 Å². The van der Waals surface area contributed by atoms with Crippen molar-refractivity contribution in [3.05, 3.63) is 35.8 Å². The van der Waals surface area contributed by atoms with Crippen LogP contribution in [0.15, 0.2) is 24.5 Å². The van der Waals surface area contributed by atoms with Gasteiger partial charge in [-0.05, 0) is 24.6 Å². The molecule has 4 heterocycles. The molecule has 154 valence electrons. The van der Waals surface area contributed by atoms with Crippen molar-refractivity contribution < 1.29 is 14.3 Å². The highest BCUT2D eigenvalue weighted by molar-refractivity contribution is 5.94. The van der Waals surface area contributed by atoms with Gasteiger partial charge in [-0.25, -0.2) is 9.67 Å². The maximum Gasteiger partial charge on any atom is 0.270 e. The molecule has 0 radical (unpaired) electrons. The Morgan fingerprint density at radius 2 is 2.20 bits per heavy atom. The number of nitrogens with zero attached hydrogens (tertiary/aromatic N) is 6. The molecule has 1 aliphatic heterocycles. The molecule has 1 aromatic carbocycles. The van der Waals surface area contributed by atoms with E-state index in [1.54, 1.807) is 15.3 Å². The fourth-order valence-electron chi connectivity index (χ4n) is 3.52. The second-order valence-corrected chi connectivity index (χ2v) is 7.21. The van der Waals surface area contributed by atoms with Crippen LogP contribution < -0.4 is 15.4 Å². The number of methoxy groups -OCH3 is 1. The first-order chi connectivity index (χ1) is 14.5. The fourth-order valence-corrected chi connectivity index (χ4v) is 3.52. The van der Waals surface area contributed by atoms with Crippen molar-refractivity contribution in [1.29, 1.82) is 0 Å². The van der Waals surface area contributed by atoms with Crippen LogP contribution in [0.4, 0.5) is 11.5 Å². The Labute approximate surface area is 171 Å². The number of hydrogen-bond acceptors (Lipinski definition) is 8. The lowest BCUT2D eigenvalue weighted by atomic mass is 10.1. The molecule has 1 amide bonds. The number of benzene rings is 1. The topological polar surface area (TPSA) is 120 Å². The van der Waals surface area contributed by atoms with Gasteiger partial charge in [0.25, 0.3) is 11.8 Å². The summed E-state index contributed by atoms with van der Waals surface area (Å²) in [5, 5.41) is 14.6. The third-order valence-electron chi connectivity index (χ3n) is 4.94. The number of fused-ring (bicyclic) bond motifs is 5. The van der Waals surface area contributed by atoms with E-state index >= 15 is 0 Å². The fraction of sp³-hybridized carbons (Fsp3) is 0.316. The summed E-state index contributed by atoms with van der Waals surface area (Å²) in [4.78, 5) is 21.6. The van der Waals surface area contributed by atoms with Gasteiger partial charge in [-0.3, -0.25) is 9.20 Å². The zero-order valence-electron chi connectivity index (χ0n) is 16.7. The van der Waals surface area contributed by atoms with Crippen LogP contribution in [-0.2, 0) is 18.4 Å². The average molecular weight is 408 g/mol. The van der Waals surface area contributed by atoms with Gasteiger partial charge in [0, 0.05) is 13.1 Å². The van der Waals surface area contributed by atoms with Gasteiger partial charge in [0.05, 0.1) is 43.9 Å². The Balaban J connectivity index is 1.72. The van der Waals surface area contributed by atoms with Crippen LogP contribution in [-0.4, -0.2) is 55.0 Å². The van der Waals surface area contributed by atoms with E-state index in [0.29, 0.717) is 41.8 Å². The third kappa shape index (κ3) is 2.99. The molecule has 0 spiro atoms. The Bertz CT molecular complexity index is 1280. The molecule has 11 heteroatoms. The predicted octanol–water partition coefficient (Wildman–Crippen LogP) is 1.41. The molecule has 11 nitrogen and oxygen atoms in total. The number of carbonyl (C=O) groups excluding carboxylic acids is 1. The zero-order valence-corrected chi connectivity index (χ0v) is 16.7. The lowest BCUT2D eigenvalue weighted by Crippen LogP contribution is -2.36. The zero-order chi connectivity index (χ0) is 20.8. The van der Waals surface area contributed by atoms with Gasteiger partial charge in [0.1, 0.15) is 11.2 Å². The van der Waals surface area contributed by atoms with Crippen molar-refractivity contribution in [2.75, 3.05) is 19.0 Å². The summed E-state index contributed by atoms with van der Waals surface area (Å²) in [7, 11) is 3.35. The van der Waals surface area contributed by atoms with Crippen LogP contribution in [0.3, 0.4) is 0 Å². The largest absolute Gasteiger partial charge is 0.478 e. The first-order valence-electron chi connectivity index (χ1n) is 9.43. The molecule has 0 aliphatic carbocycles. The van der Waals surface area contributed by atoms with E-state index in [2.05, 4.69) is 30.9 Å². The Morgan fingerprint density at radius 3 is 3.03 bits per heavy atom. The van der Waals surface area contributed by atoms with Gasteiger partial charge in [-0.1, -0.05) is 5.21 Å². The van der Waals surface area contributed by atoms with Gasteiger partial charge in [0.2, 0.25) is 5.65 Å². The summed E-state index contributed by atoms with van der Waals surface area (Å²) in [6, 6.07) is 3.76. The Hall–Kier alpha value is -3.73. The van der Waals surface area contributed by atoms with E-state index in [4.69, 9.17) is 9.47 Å². The average Bonchev–Trinajstić information content (AvgIpc) is 3.31. The van der Waals surface area contributed by atoms with Crippen molar-refractivity contribution in [3.8, 4) is 5.88 Å². The van der Waals surface area contributed by atoms with Gasteiger partial charge in [0.15, 0.2) is 5.82 Å². The Morgan fingerprint density at radius 1 is 1.33 bits per heavy atom. The molecule has 0 unspecified atom stereocenters. The second-order valence-electron chi connectivity index (χ2n) is 7.21. The SMILES string of the molecule is COc1nc2cn3c(cnc13)C(=O)N[C@H](C)COCc1cc(c3nnn(C)c3c1)N2.